The summed E-state index contributed by atoms with van der Waals surface area (Å²) in [6.07, 6.45) is 5.04. The van der Waals surface area contributed by atoms with E-state index in [1.807, 2.05) is 28.8 Å². The van der Waals surface area contributed by atoms with Gasteiger partial charge >= 0.3 is 0 Å². The van der Waals surface area contributed by atoms with Gasteiger partial charge in [-0.05, 0) is 49.8 Å². The number of hydrogen-bond acceptors (Lipinski definition) is 4. The molecule has 6 heteroatoms. The third kappa shape index (κ3) is 3.77. The molecule has 0 saturated heterocycles. The van der Waals surface area contributed by atoms with Crippen molar-refractivity contribution in [3.63, 3.8) is 0 Å². The summed E-state index contributed by atoms with van der Waals surface area (Å²) in [6.45, 7) is 2.73. The minimum atomic E-state index is 0.637. The van der Waals surface area contributed by atoms with Gasteiger partial charge in [0.2, 0.25) is 0 Å². The molecule has 0 bridgehead atoms. The molecule has 152 valence electrons. The molecule has 0 radical (unpaired) electrons. The topological polar surface area (TPSA) is 55.1 Å². The van der Waals surface area contributed by atoms with Crippen LogP contribution in [0, 0.1) is 6.92 Å². The van der Waals surface area contributed by atoms with Crippen molar-refractivity contribution < 1.29 is 0 Å². The summed E-state index contributed by atoms with van der Waals surface area (Å²) in [4.78, 5) is 9.60. The van der Waals surface area contributed by atoms with Gasteiger partial charge in [0.05, 0.1) is 5.69 Å². The summed E-state index contributed by atoms with van der Waals surface area (Å²) in [7, 11) is 0. The lowest BCUT2D eigenvalue weighted by atomic mass is 9.96. The molecule has 2 aromatic heterocycles. The monoisotopic (exact) mass is 417 g/mol. The molecule has 0 aliphatic heterocycles. The van der Waals surface area contributed by atoms with Crippen LogP contribution in [0.1, 0.15) is 46.6 Å². The molecule has 0 amide bonds. The van der Waals surface area contributed by atoms with Crippen molar-refractivity contribution in [3.8, 4) is 0 Å². The average Bonchev–Trinajstić information content (AvgIpc) is 3.16. The van der Waals surface area contributed by atoms with Crippen LogP contribution in [0.3, 0.4) is 0 Å². The first-order valence-electron chi connectivity index (χ1n) is 10.5. The quantitative estimate of drug-likeness (QED) is 0.486. The molecule has 5 nitrogen and oxygen atoms in total. The third-order valence-electron chi connectivity index (χ3n) is 5.69. The number of benzene rings is 2. The minimum absolute atomic E-state index is 0.637. The molecular formula is C24H24ClN5. The molecule has 0 atom stereocenters. The highest BCUT2D eigenvalue weighted by Crippen LogP contribution is 2.28. The third-order valence-corrected chi connectivity index (χ3v) is 6.06. The predicted octanol–water partition coefficient (Wildman–Crippen LogP) is 5.17. The van der Waals surface area contributed by atoms with E-state index >= 15 is 0 Å². The van der Waals surface area contributed by atoms with Crippen molar-refractivity contribution in [3.05, 3.63) is 87.3 Å². The number of nitrogens with one attached hydrogen (secondary N) is 1. The van der Waals surface area contributed by atoms with Gasteiger partial charge in [0.15, 0.2) is 5.82 Å². The van der Waals surface area contributed by atoms with Gasteiger partial charge in [0, 0.05) is 23.6 Å². The first-order chi connectivity index (χ1) is 14.7. The van der Waals surface area contributed by atoms with Gasteiger partial charge in [0.1, 0.15) is 5.82 Å². The van der Waals surface area contributed by atoms with Gasteiger partial charge in [0.25, 0.3) is 5.78 Å². The van der Waals surface area contributed by atoms with Crippen LogP contribution in [0.15, 0.2) is 48.5 Å². The van der Waals surface area contributed by atoms with Crippen molar-refractivity contribution in [2.24, 2.45) is 0 Å². The lowest BCUT2D eigenvalue weighted by Gasteiger charge is -2.20. The van der Waals surface area contributed by atoms with Crippen LogP contribution >= 0.6 is 11.6 Å². The summed E-state index contributed by atoms with van der Waals surface area (Å²) in [5.41, 5.74) is 5.92. The minimum Gasteiger partial charge on any atom is -0.365 e. The zero-order valence-electron chi connectivity index (χ0n) is 17.0. The maximum absolute atomic E-state index is 6.37. The van der Waals surface area contributed by atoms with E-state index in [1.54, 1.807) is 0 Å². The first kappa shape index (κ1) is 19.1. The van der Waals surface area contributed by atoms with Crippen molar-refractivity contribution in [1.29, 1.82) is 0 Å². The summed E-state index contributed by atoms with van der Waals surface area (Å²) in [5, 5.41) is 9.18. The number of fused-ring (bicyclic) bond motifs is 2. The predicted molar refractivity (Wildman–Crippen MR) is 120 cm³/mol. The normalized spacial score (nSPS) is 13.4. The number of aryl methyl sites for hydroxylation is 2. The molecule has 4 aromatic rings. The molecule has 0 fully saturated rings. The Morgan fingerprint density at radius 3 is 2.63 bits per heavy atom. The smallest absolute Gasteiger partial charge is 0.254 e. The molecule has 1 aliphatic rings. The highest BCUT2D eigenvalue weighted by molar-refractivity contribution is 6.31. The van der Waals surface area contributed by atoms with Crippen molar-refractivity contribution >= 4 is 23.2 Å². The van der Waals surface area contributed by atoms with Crippen LogP contribution in [-0.2, 0) is 25.8 Å². The van der Waals surface area contributed by atoms with E-state index in [-0.39, 0.29) is 0 Å². The molecular weight excluding hydrogens is 394 g/mol. The van der Waals surface area contributed by atoms with Crippen LogP contribution in [0.5, 0.6) is 0 Å². The Labute approximate surface area is 181 Å². The molecule has 1 N–H and O–H groups in total. The zero-order chi connectivity index (χ0) is 20.5. The average molecular weight is 418 g/mol. The number of hydrogen-bond donors (Lipinski definition) is 1. The van der Waals surface area contributed by atoms with Gasteiger partial charge < -0.3 is 5.32 Å². The second-order valence-corrected chi connectivity index (χ2v) is 8.35. The van der Waals surface area contributed by atoms with E-state index in [9.17, 15) is 0 Å². The number of aromatic nitrogens is 4. The van der Waals surface area contributed by atoms with E-state index in [1.165, 1.54) is 29.5 Å². The number of rotatable bonds is 5. The van der Waals surface area contributed by atoms with Crippen molar-refractivity contribution in [1.82, 2.24) is 19.6 Å². The van der Waals surface area contributed by atoms with Crippen LogP contribution in [0.25, 0.3) is 5.78 Å². The molecule has 2 heterocycles. The maximum atomic E-state index is 6.37. The summed E-state index contributed by atoms with van der Waals surface area (Å²) < 4.78 is 1.88. The SMILES string of the molecule is Cc1ccc(Cc2nc3nc4c(c(NCc5ccccc5Cl)n3n2)CCCC4)cc1. The van der Waals surface area contributed by atoms with Crippen LogP contribution in [0.4, 0.5) is 5.82 Å². The summed E-state index contributed by atoms with van der Waals surface area (Å²) >= 11 is 6.37. The Kier molecular flexibility index (Phi) is 5.13. The largest absolute Gasteiger partial charge is 0.365 e. The van der Waals surface area contributed by atoms with E-state index in [0.29, 0.717) is 18.7 Å². The Balaban J connectivity index is 1.52. The second-order valence-electron chi connectivity index (χ2n) is 7.94. The highest BCUT2D eigenvalue weighted by atomic mass is 35.5. The van der Waals surface area contributed by atoms with Crippen molar-refractivity contribution in [2.75, 3.05) is 5.32 Å². The second kappa shape index (κ2) is 8.07. The number of nitrogens with zero attached hydrogens (tertiary/aromatic N) is 4. The molecule has 30 heavy (non-hydrogen) atoms. The van der Waals surface area contributed by atoms with E-state index in [2.05, 4.69) is 36.5 Å². The van der Waals surface area contributed by atoms with E-state index in [4.69, 9.17) is 26.7 Å². The van der Waals surface area contributed by atoms with Gasteiger partial charge in [-0.25, -0.2) is 4.98 Å². The van der Waals surface area contributed by atoms with Crippen LogP contribution < -0.4 is 5.32 Å². The van der Waals surface area contributed by atoms with E-state index < -0.39 is 0 Å². The molecule has 2 aromatic carbocycles. The zero-order valence-corrected chi connectivity index (χ0v) is 17.8. The van der Waals surface area contributed by atoms with Gasteiger partial charge in [-0.2, -0.15) is 9.50 Å². The highest BCUT2D eigenvalue weighted by Gasteiger charge is 2.21. The molecule has 0 unspecified atom stereocenters. The van der Waals surface area contributed by atoms with E-state index in [0.717, 1.165) is 40.8 Å². The molecule has 0 spiro atoms. The standard InChI is InChI=1S/C24H24ClN5/c1-16-10-12-17(13-11-16)14-22-28-24-27-21-9-5-3-7-19(21)23(30(24)29-22)26-15-18-6-2-4-8-20(18)25/h2,4,6,8,10-13,26H,3,5,7,9,14-15H2,1H3. The Hall–Kier alpha value is -2.92. The number of anilines is 1. The fraction of sp³-hybridized carbons (Fsp3) is 0.292. The van der Waals surface area contributed by atoms with Gasteiger partial charge in [-0.15, -0.1) is 5.10 Å². The summed E-state index contributed by atoms with van der Waals surface area (Å²) in [6, 6.07) is 16.4. The lowest BCUT2D eigenvalue weighted by molar-refractivity contribution is 0.660. The number of halogens is 1. The summed E-state index contributed by atoms with van der Waals surface area (Å²) in [5.74, 6) is 2.45. The van der Waals surface area contributed by atoms with Gasteiger partial charge in [-0.3, -0.25) is 0 Å². The molecule has 5 rings (SSSR count). The molecule has 0 saturated carbocycles. The van der Waals surface area contributed by atoms with Crippen molar-refractivity contribution in [2.45, 2.75) is 45.6 Å². The Morgan fingerprint density at radius 1 is 1.00 bits per heavy atom. The van der Waals surface area contributed by atoms with Gasteiger partial charge in [-0.1, -0.05) is 59.6 Å². The first-order valence-corrected chi connectivity index (χ1v) is 10.9. The fourth-order valence-electron chi connectivity index (χ4n) is 4.05. The fourth-order valence-corrected chi connectivity index (χ4v) is 4.25. The Bertz CT molecular complexity index is 1200. The maximum Gasteiger partial charge on any atom is 0.254 e. The lowest BCUT2D eigenvalue weighted by Crippen LogP contribution is -2.15. The van der Waals surface area contributed by atoms with Crippen LogP contribution in [-0.4, -0.2) is 19.6 Å². The Morgan fingerprint density at radius 2 is 1.80 bits per heavy atom. The van der Waals surface area contributed by atoms with Crippen LogP contribution in [0.2, 0.25) is 5.02 Å². The molecule has 1 aliphatic carbocycles.